The number of rotatable bonds is 4. The Balaban J connectivity index is 1.73. The molecule has 0 bridgehead atoms. The highest BCUT2D eigenvalue weighted by Gasteiger charge is 2.17. The first kappa shape index (κ1) is 15.9. The van der Waals surface area contributed by atoms with Crippen molar-refractivity contribution in [3.63, 3.8) is 0 Å². The first-order valence-corrected chi connectivity index (χ1v) is 7.55. The summed E-state index contributed by atoms with van der Waals surface area (Å²) in [4.78, 5) is 16.1. The van der Waals surface area contributed by atoms with Crippen LogP contribution in [-0.4, -0.2) is 31.2 Å². The molecule has 124 valence electrons. The van der Waals surface area contributed by atoms with Gasteiger partial charge in [-0.15, -0.1) is 0 Å². The number of amides is 1. The van der Waals surface area contributed by atoms with Crippen LogP contribution in [0, 0.1) is 6.92 Å². The highest BCUT2D eigenvalue weighted by Crippen LogP contribution is 2.40. The SMILES string of the molecule is COc1cc(/C=C/C(=O)Nc2ccc(C)cn2)cc2c1OCCO2. The quantitative estimate of drug-likeness (QED) is 0.875. The summed E-state index contributed by atoms with van der Waals surface area (Å²) in [5.74, 6) is 2.03. The van der Waals surface area contributed by atoms with Gasteiger partial charge in [-0.05, 0) is 42.3 Å². The van der Waals surface area contributed by atoms with Crippen molar-refractivity contribution >= 4 is 17.8 Å². The Morgan fingerprint density at radius 3 is 2.88 bits per heavy atom. The molecule has 24 heavy (non-hydrogen) atoms. The van der Waals surface area contributed by atoms with Crippen LogP contribution in [0.15, 0.2) is 36.5 Å². The van der Waals surface area contributed by atoms with Crippen molar-refractivity contribution < 1.29 is 19.0 Å². The predicted molar refractivity (Wildman–Crippen MR) is 90.6 cm³/mol. The third-order valence-corrected chi connectivity index (χ3v) is 3.44. The second-order valence-corrected chi connectivity index (χ2v) is 5.29. The normalized spacial score (nSPS) is 12.9. The second-order valence-electron chi connectivity index (χ2n) is 5.29. The Hall–Kier alpha value is -3.02. The van der Waals surface area contributed by atoms with Gasteiger partial charge >= 0.3 is 0 Å². The third kappa shape index (κ3) is 3.65. The summed E-state index contributed by atoms with van der Waals surface area (Å²) < 4.78 is 16.4. The number of hydrogen-bond donors (Lipinski definition) is 1. The van der Waals surface area contributed by atoms with Crippen molar-refractivity contribution in [3.8, 4) is 17.2 Å². The molecule has 0 unspecified atom stereocenters. The molecule has 1 amide bonds. The van der Waals surface area contributed by atoms with E-state index in [1.54, 1.807) is 31.5 Å². The first-order chi connectivity index (χ1) is 11.7. The zero-order chi connectivity index (χ0) is 16.9. The second kappa shape index (κ2) is 7.04. The number of aromatic nitrogens is 1. The zero-order valence-electron chi connectivity index (χ0n) is 13.5. The van der Waals surface area contributed by atoms with E-state index in [1.165, 1.54) is 6.08 Å². The Morgan fingerprint density at radius 2 is 2.12 bits per heavy atom. The van der Waals surface area contributed by atoms with Crippen molar-refractivity contribution in [1.82, 2.24) is 4.98 Å². The van der Waals surface area contributed by atoms with Gasteiger partial charge in [0.25, 0.3) is 0 Å². The lowest BCUT2D eigenvalue weighted by atomic mass is 10.1. The lowest BCUT2D eigenvalue weighted by molar-refractivity contribution is -0.111. The minimum atomic E-state index is -0.264. The molecule has 2 aromatic rings. The summed E-state index contributed by atoms with van der Waals surface area (Å²) >= 11 is 0. The largest absolute Gasteiger partial charge is 0.493 e. The van der Waals surface area contributed by atoms with Crippen LogP contribution in [0.3, 0.4) is 0 Å². The molecule has 1 aromatic heterocycles. The summed E-state index contributed by atoms with van der Waals surface area (Å²) in [7, 11) is 1.57. The molecule has 1 aliphatic heterocycles. The van der Waals surface area contributed by atoms with Crippen molar-refractivity contribution in [2.24, 2.45) is 0 Å². The predicted octanol–water partition coefficient (Wildman–Crippen LogP) is 2.82. The van der Waals surface area contributed by atoms with Gasteiger partial charge in [0.15, 0.2) is 11.5 Å². The van der Waals surface area contributed by atoms with E-state index in [2.05, 4.69) is 10.3 Å². The fourth-order valence-corrected chi connectivity index (χ4v) is 2.27. The maximum atomic E-state index is 12.0. The van der Waals surface area contributed by atoms with Gasteiger partial charge in [0.2, 0.25) is 11.7 Å². The first-order valence-electron chi connectivity index (χ1n) is 7.55. The molecule has 1 aromatic carbocycles. The highest BCUT2D eigenvalue weighted by atomic mass is 16.6. The number of aryl methyl sites for hydroxylation is 1. The number of nitrogens with zero attached hydrogens (tertiary/aromatic N) is 1. The van der Waals surface area contributed by atoms with E-state index in [1.807, 2.05) is 19.1 Å². The summed E-state index contributed by atoms with van der Waals surface area (Å²) in [5, 5.41) is 2.71. The van der Waals surface area contributed by atoms with Crippen LogP contribution in [0.1, 0.15) is 11.1 Å². The van der Waals surface area contributed by atoms with E-state index >= 15 is 0 Å². The van der Waals surface area contributed by atoms with E-state index in [9.17, 15) is 4.79 Å². The number of ether oxygens (including phenoxy) is 3. The summed E-state index contributed by atoms with van der Waals surface area (Å²) in [6.07, 6.45) is 4.82. The van der Waals surface area contributed by atoms with Crippen molar-refractivity contribution in [1.29, 1.82) is 0 Å². The summed E-state index contributed by atoms with van der Waals surface area (Å²) in [5.41, 5.74) is 1.81. The van der Waals surface area contributed by atoms with Crippen molar-refractivity contribution in [2.45, 2.75) is 6.92 Å². The molecule has 0 saturated heterocycles. The zero-order valence-corrected chi connectivity index (χ0v) is 13.5. The lowest BCUT2D eigenvalue weighted by Gasteiger charge is -2.20. The van der Waals surface area contributed by atoms with Gasteiger partial charge in [0.05, 0.1) is 7.11 Å². The Kier molecular flexibility index (Phi) is 4.65. The summed E-state index contributed by atoms with van der Waals surface area (Å²) in [6.45, 7) is 2.92. The maximum Gasteiger partial charge on any atom is 0.249 e. The smallest absolute Gasteiger partial charge is 0.249 e. The number of fused-ring (bicyclic) bond motifs is 1. The monoisotopic (exact) mass is 326 g/mol. The lowest BCUT2D eigenvalue weighted by Crippen LogP contribution is -2.16. The number of anilines is 1. The average Bonchev–Trinajstić information content (AvgIpc) is 2.61. The van der Waals surface area contributed by atoms with Crippen LogP contribution in [0.4, 0.5) is 5.82 Å². The van der Waals surface area contributed by atoms with Crippen molar-refractivity contribution in [3.05, 3.63) is 47.7 Å². The van der Waals surface area contributed by atoms with Gasteiger partial charge in [0, 0.05) is 12.3 Å². The molecule has 1 aliphatic rings. The molecule has 3 rings (SSSR count). The molecule has 6 nitrogen and oxygen atoms in total. The minimum absolute atomic E-state index is 0.264. The standard InChI is InChI=1S/C18H18N2O4/c1-12-3-5-16(19-11-12)20-17(21)6-4-13-9-14(22-2)18-15(10-13)23-7-8-24-18/h3-6,9-11H,7-8H2,1-2H3,(H,19,20,21)/b6-4+. The molecule has 1 N–H and O–H groups in total. The number of carbonyl (C=O) groups excluding carboxylic acids is 1. The molecular weight excluding hydrogens is 308 g/mol. The van der Waals surface area contributed by atoms with E-state index in [0.717, 1.165) is 11.1 Å². The van der Waals surface area contributed by atoms with Gasteiger partial charge in [-0.1, -0.05) is 6.07 Å². The number of benzene rings is 1. The average molecular weight is 326 g/mol. The number of nitrogens with one attached hydrogen (secondary N) is 1. The van der Waals surface area contributed by atoms with Gasteiger partial charge < -0.3 is 19.5 Å². The minimum Gasteiger partial charge on any atom is -0.493 e. The van der Waals surface area contributed by atoms with E-state index in [0.29, 0.717) is 36.3 Å². The molecular formula is C18H18N2O4. The maximum absolute atomic E-state index is 12.0. The van der Waals surface area contributed by atoms with E-state index in [4.69, 9.17) is 14.2 Å². The Bertz CT molecular complexity index is 752. The van der Waals surface area contributed by atoms with Crippen LogP contribution in [0.25, 0.3) is 6.08 Å². The Labute approximate surface area is 140 Å². The molecule has 0 atom stereocenters. The molecule has 6 heteroatoms. The van der Waals surface area contributed by atoms with Crippen molar-refractivity contribution in [2.75, 3.05) is 25.6 Å². The Morgan fingerprint density at radius 1 is 1.29 bits per heavy atom. The topological polar surface area (TPSA) is 69.7 Å². The van der Waals surface area contributed by atoms with Gasteiger partial charge in [-0.3, -0.25) is 4.79 Å². The van der Waals surface area contributed by atoms with Crippen LogP contribution < -0.4 is 19.5 Å². The van der Waals surface area contributed by atoms with E-state index < -0.39 is 0 Å². The number of methoxy groups -OCH3 is 1. The molecule has 0 aliphatic carbocycles. The fourth-order valence-electron chi connectivity index (χ4n) is 2.27. The van der Waals surface area contributed by atoms with Crippen LogP contribution in [0.5, 0.6) is 17.2 Å². The van der Waals surface area contributed by atoms with Gasteiger partial charge in [-0.25, -0.2) is 4.98 Å². The van der Waals surface area contributed by atoms with Gasteiger partial charge in [-0.2, -0.15) is 0 Å². The third-order valence-electron chi connectivity index (χ3n) is 3.44. The number of carbonyl (C=O) groups is 1. The fraction of sp³-hybridized carbons (Fsp3) is 0.222. The van der Waals surface area contributed by atoms with Gasteiger partial charge in [0.1, 0.15) is 19.0 Å². The van der Waals surface area contributed by atoms with Crippen LogP contribution in [-0.2, 0) is 4.79 Å². The molecule has 2 heterocycles. The number of pyridine rings is 1. The van der Waals surface area contributed by atoms with Crippen LogP contribution in [0.2, 0.25) is 0 Å². The van der Waals surface area contributed by atoms with E-state index in [-0.39, 0.29) is 5.91 Å². The number of hydrogen-bond acceptors (Lipinski definition) is 5. The summed E-state index contributed by atoms with van der Waals surface area (Å²) in [6, 6.07) is 7.25. The molecule has 0 saturated carbocycles. The molecule has 0 spiro atoms. The molecule has 0 fully saturated rings. The highest BCUT2D eigenvalue weighted by molar-refractivity contribution is 6.01. The molecule has 0 radical (unpaired) electrons. The van der Waals surface area contributed by atoms with Crippen LogP contribution >= 0.6 is 0 Å².